The van der Waals surface area contributed by atoms with Crippen LogP contribution in [0.5, 0.6) is 0 Å². The number of para-hydroxylation sites is 1. The lowest BCUT2D eigenvalue weighted by molar-refractivity contribution is 0.103. The number of aromatic nitrogens is 6. The summed E-state index contributed by atoms with van der Waals surface area (Å²) in [6.45, 7) is 0. The Hall–Kier alpha value is -13.3. The standard InChI is InChI=1S/C46H30N4O.C45H30N4S/c51-43(31-11-3-1-4-12-31)32-23-25-33(26-24-32)44-47-45-38-17-7-13-34(27-38)36-15-9-21-41(29-36)50(40-19-5-2-6-20-40)42-22-10-16-37(30-42)35-14-8-18-39(28-35)46(48-44)49-45;1-3-11-31(12-4-1)43-46-44-36-17-7-13-32(27-36)34-15-9-19-39(29-34)49(38-23-25-42(26-24-38)50-41-21-5-2-6-22-41)40-20-10-16-35(30-40)33-14-8-18-37(28-33)45(47-43)48-44/h1-30H;1-30H. The van der Waals surface area contributed by atoms with Crippen LogP contribution in [0.15, 0.2) is 374 Å². The second-order valence-corrected chi connectivity index (χ2v) is 25.8. The number of carbonyl (C=O) groups excluding carboxylic acids is 1. The summed E-state index contributed by atoms with van der Waals surface area (Å²) in [4.78, 5) is 50.3. The molecule has 4 heterocycles. The van der Waals surface area contributed by atoms with Crippen LogP contribution in [0.4, 0.5) is 34.1 Å². The predicted molar refractivity (Wildman–Crippen MR) is 411 cm³/mol. The Morgan fingerprint density at radius 3 is 0.822 bits per heavy atom. The number of benzene rings is 14. The first-order valence-corrected chi connectivity index (χ1v) is 34.3. The molecule has 0 N–H and O–H groups in total. The monoisotopic (exact) mass is 1310 g/mol. The van der Waals surface area contributed by atoms with Crippen LogP contribution < -0.4 is 9.80 Å². The van der Waals surface area contributed by atoms with E-state index in [9.17, 15) is 4.79 Å². The number of nitrogens with zero attached hydrogens (tertiary/aromatic N) is 8. The van der Waals surface area contributed by atoms with E-state index in [0.29, 0.717) is 46.1 Å². The molecule has 18 rings (SSSR count). The Labute approximate surface area is 590 Å². The molecule has 0 atom stereocenters. The van der Waals surface area contributed by atoms with E-state index in [-0.39, 0.29) is 5.78 Å². The number of hydrogen-bond acceptors (Lipinski definition) is 10. The molecule has 20 bridgehead atoms. The van der Waals surface area contributed by atoms with Gasteiger partial charge in [0.15, 0.2) is 40.7 Å². The van der Waals surface area contributed by atoms with Gasteiger partial charge in [0.2, 0.25) is 0 Å². The summed E-state index contributed by atoms with van der Waals surface area (Å²) >= 11 is 1.77. The van der Waals surface area contributed by atoms with E-state index in [4.69, 9.17) is 29.9 Å². The second kappa shape index (κ2) is 27.3. The number of anilines is 6. The highest BCUT2D eigenvalue weighted by Gasteiger charge is 2.22. The Balaban J connectivity index is 0.000000151. The van der Waals surface area contributed by atoms with Gasteiger partial charge in [-0.3, -0.25) is 4.79 Å². The number of carbonyl (C=O) groups is 1. The summed E-state index contributed by atoms with van der Waals surface area (Å²) in [7, 11) is 0. The van der Waals surface area contributed by atoms with Gasteiger partial charge in [0.05, 0.1) is 0 Å². The summed E-state index contributed by atoms with van der Waals surface area (Å²) in [6.07, 6.45) is 0. The van der Waals surface area contributed by atoms with Crippen LogP contribution in [-0.2, 0) is 0 Å². The number of fused-ring (bicyclic) bond motifs is 28. The third-order valence-electron chi connectivity index (χ3n) is 18.1. The highest BCUT2D eigenvalue weighted by atomic mass is 32.2. The maximum Gasteiger partial charge on any atom is 0.193 e. The molecule has 2 aromatic heterocycles. The van der Waals surface area contributed by atoms with E-state index < -0.39 is 0 Å². The summed E-state index contributed by atoms with van der Waals surface area (Å²) < 4.78 is 0. The average molecular weight is 1310 g/mol. The third kappa shape index (κ3) is 13.0. The molecular formula is C91H60N8OS. The minimum absolute atomic E-state index is 0.0269. The van der Waals surface area contributed by atoms with Crippen molar-refractivity contribution < 1.29 is 4.79 Å². The molecule has 16 aromatic rings. The van der Waals surface area contributed by atoms with E-state index >= 15 is 0 Å². The first-order valence-electron chi connectivity index (χ1n) is 33.5. The van der Waals surface area contributed by atoms with Gasteiger partial charge >= 0.3 is 0 Å². The Morgan fingerprint density at radius 1 is 0.198 bits per heavy atom. The Kier molecular flexibility index (Phi) is 16.6. The summed E-state index contributed by atoms with van der Waals surface area (Å²) in [5.41, 5.74) is 21.7. The molecule has 9 nitrogen and oxygen atoms in total. The molecule has 2 aliphatic heterocycles. The second-order valence-electron chi connectivity index (χ2n) is 24.7. The van der Waals surface area contributed by atoms with E-state index in [0.717, 1.165) is 112 Å². The maximum absolute atomic E-state index is 13.1. The van der Waals surface area contributed by atoms with Crippen molar-refractivity contribution in [2.75, 3.05) is 9.80 Å². The number of rotatable bonds is 8. The Morgan fingerprint density at radius 2 is 0.446 bits per heavy atom. The zero-order chi connectivity index (χ0) is 67.4. The van der Waals surface area contributed by atoms with Crippen molar-refractivity contribution in [1.82, 2.24) is 29.9 Å². The third-order valence-corrected chi connectivity index (χ3v) is 19.1. The van der Waals surface area contributed by atoms with Crippen LogP contribution in [0.25, 0.3) is 113 Å². The van der Waals surface area contributed by atoms with Crippen LogP contribution in [0, 0.1) is 0 Å². The van der Waals surface area contributed by atoms with E-state index in [1.807, 2.05) is 115 Å². The van der Waals surface area contributed by atoms with Crippen molar-refractivity contribution in [3.05, 3.63) is 375 Å². The van der Waals surface area contributed by atoms with Crippen molar-refractivity contribution in [3.8, 4) is 113 Å². The molecule has 476 valence electrons. The van der Waals surface area contributed by atoms with Crippen LogP contribution in [-0.4, -0.2) is 35.7 Å². The van der Waals surface area contributed by atoms with Gasteiger partial charge in [-0.1, -0.05) is 254 Å². The van der Waals surface area contributed by atoms with Crippen molar-refractivity contribution in [2.45, 2.75) is 9.79 Å². The van der Waals surface area contributed by atoms with Gasteiger partial charge in [0, 0.05) is 88.4 Å². The molecular weight excluding hydrogens is 1250 g/mol. The minimum Gasteiger partial charge on any atom is -0.310 e. The van der Waals surface area contributed by atoms with Gasteiger partial charge in [-0.25, -0.2) is 29.9 Å². The molecule has 0 radical (unpaired) electrons. The zero-order valence-corrected chi connectivity index (χ0v) is 55.4. The fourth-order valence-electron chi connectivity index (χ4n) is 13.0. The minimum atomic E-state index is -0.0269. The average Bonchev–Trinajstić information content (AvgIpc) is 0.789. The number of hydrogen-bond donors (Lipinski definition) is 0. The van der Waals surface area contributed by atoms with Gasteiger partial charge in [-0.15, -0.1) is 0 Å². The molecule has 14 aromatic carbocycles. The van der Waals surface area contributed by atoms with E-state index in [2.05, 4.69) is 259 Å². The SMILES string of the molecule is O=C(c1ccccc1)c1ccc(-c2nc3nc(n2)-c2cccc(c2)-c2cccc(c2)N(c2ccccc2)c2cccc(c2)-c2cccc-3c2)cc1.c1ccc(Sc2ccc(N3c4cccc(c4)-c4cccc(c4)-c4nc(-c5ccccc5)nc(n4)-c4cccc(c4)-c4cccc3c4)cc2)cc1. The van der Waals surface area contributed by atoms with Crippen LogP contribution in [0.3, 0.4) is 0 Å². The lowest BCUT2D eigenvalue weighted by Gasteiger charge is -2.27. The van der Waals surface area contributed by atoms with Crippen molar-refractivity contribution >= 4 is 51.7 Å². The molecule has 2 aliphatic rings. The fourth-order valence-corrected chi connectivity index (χ4v) is 13.9. The summed E-state index contributed by atoms with van der Waals surface area (Å²) in [6, 6.07) is 125. The molecule has 0 aliphatic carbocycles. The van der Waals surface area contributed by atoms with Crippen LogP contribution in [0.2, 0.25) is 0 Å². The molecule has 101 heavy (non-hydrogen) atoms. The van der Waals surface area contributed by atoms with E-state index in [1.54, 1.807) is 11.8 Å². The van der Waals surface area contributed by atoms with Crippen LogP contribution in [0.1, 0.15) is 15.9 Å². The smallest absolute Gasteiger partial charge is 0.193 e. The first kappa shape index (κ1) is 61.3. The highest BCUT2D eigenvalue weighted by molar-refractivity contribution is 7.99. The number of ketones is 1. The van der Waals surface area contributed by atoms with Gasteiger partial charge in [0.25, 0.3) is 0 Å². The molecule has 10 heteroatoms. The van der Waals surface area contributed by atoms with Crippen molar-refractivity contribution in [3.63, 3.8) is 0 Å². The molecule has 0 spiro atoms. The molecule has 0 amide bonds. The van der Waals surface area contributed by atoms with Crippen LogP contribution >= 0.6 is 11.8 Å². The van der Waals surface area contributed by atoms with Crippen molar-refractivity contribution in [2.24, 2.45) is 0 Å². The van der Waals surface area contributed by atoms with E-state index in [1.165, 1.54) is 9.79 Å². The van der Waals surface area contributed by atoms with Crippen molar-refractivity contribution in [1.29, 1.82) is 0 Å². The first-order chi connectivity index (χ1) is 49.9. The topological polar surface area (TPSA) is 101 Å². The Bertz CT molecular complexity index is 5500. The zero-order valence-electron chi connectivity index (χ0n) is 54.5. The maximum atomic E-state index is 13.1. The largest absolute Gasteiger partial charge is 0.310 e. The normalized spacial score (nSPS) is 11.6. The fraction of sp³-hybridized carbons (Fsp3) is 0. The predicted octanol–water partition coefficient (Wildman–Crippen LogP) is 23.4. The summed E-state index contributed by atoms with van der Waals surface area (Å²) in [5, 5.41) is 0. The molecule has 0 saturated heterocycles. The highest BCUT2D eigenvalue weighted by Crippen LogP contribution is 2.43. The van der Waals surface area contributed by atoms with Gasteiger partial charge < -0.3 is 9.80 Å². The van der Waals surface area contributed by atoms with Gasteiger partial charge in [-0.2, -0.15) is 0 Å². The quantitative estimate of drug-likeness (QED) is 0.137. The molecule has 0 saturated carbocycles. The molecule has 0 unspecified atom stereocenters. The summed E-state index contributed by atoms with van der Waals surface area (Å²) in [5.74, 6) is 3.58. The lowest BCUT2D eigenvalue weighted by atomic mass is 9.99. The van der Waals surface area contributed by atoms with Gasteiger partial charge in [0.1, 0.15) is 0 Å². The molecule has 0 fully saturated rings. The lowest BCUT2D eigenvalue weighted by Crippen LogP contribution is -2.10. The van der Waals surface area contributed by atoms with Gasteiger partial charge in [-0.05, 0) is 166 Å².